The van der Waals surface area contributed by atoms with Crippen LogP contribution in [-0.4, -0.2) is 22.8 Å². The Hall–Kier alpha value is 0.140. The van der Waals surface area contributed by atoms with Crippen LogP contribution < -0.4 is 0 Å². The topological polar surface area (TPSA) is 3.24 Å². The third-order valence-corrected chi connectivity index (χ3v) is 4.47. The summed E-state index contributed by atoms with van der Waals surface area (Å²) in [6.07, 6.45) is 4.13. The molecule has 1 nitrogen and oxygen atoms in total. The molecule has 1 unspecified atom stereocenters. The molecule has 0 aromatic carbocycles. The normalized spacial score (nSPS) is 23.9. The third-order valence-electron chi connectivity index (χ3n) is 2.87. The maximum absolute atomic E-state index is 3.62. The Morgan fingerprint density at radius 3 is 3.14 bits per heavy atom. The van der Waals surface area contributed by atoms with E-state index < -0.39 is 0 Å². The summed E-state index contributed by atoms with van der Waals surface area (Å²) in [7, 11) is 0. The Morgan fingerprint density at radius 1 is 1.50 bits per heavy atom. The molecular weight excluding hydrogens is 258 g/mol. The van der Waals surface area contributed by atoms with Crippen LogP contribution in [0, 0.1) is 0 Å². The highest BCUT2D eigenvalue weighted by molar-refractivity contribution is 9.09. The second kappa shape index (κ2) is 5.29. The number of nitrogens with zero attached hydrogens (tertiary/aromatic N) is 1. The van der Waals surface area contributed by atoms with Crippen LogP contribution in [0.4, 0.5) is 0 Å². The van der Waals surface area contributed by atoms with Crippen molar-refractivity contribution in [3.05, 3.63) is 22.4 Å². The molecule has 1 fully saturated rings. The van der Waals surface area contributed by atoms with E-state index in [9.17, 15) is 0 Å². The molecule has 1 saturated heterocycles. The van der Waals surface area contributed by atoms with Gasteiger partial charge in [-0.05, 0) is 30.8 Å². The molecule has 1 aromatic heterocycles. The van der Waals surface area contributed by atoms with E-state index in [1.165, 1.54) is 30.7 Å². The van der Waals surface area contributed by atoms with Crippen molar-refractivity contribution in [2.24, 2.45) is 0 Å². The van der Waals surface area contributed by atoms with E-state index in [1.807, 2.05) is 11.3 Å². The van der Waals surface area contributed by atoms with Gasteiger partial charge in [0.05, 0.1) is 0 Å². The van der Waals surface area contributed by atoms with Gasteiger partial charge in [0.1, 0.15) is 0 Å². The van der Waals surface area contributed by atoms with Crippen LogP contribution in [0.15, 0.2) is 17.5 Å². The Kier molecular flexibility index (Phi) is 4.02. The molecule has 1 aliphatic heterocycles. The fourth-order valence-electron chi connectivity index (χ4n) is 2.05. The molecule has 14 heavy (non-hydrogen) atoms. The van der Waals surface area contributed by atoms with E-state index in [-0.39, 0.29) is 0 Å². The van der Waals surface area contributed by atoms with Gasteiger partial charge in [0.15, 0.2) is 0 Å². The summed E-state index contributed by atoms with van der Waals surface area (Å²) in [6, 6.07) is 5.14. The number of alkyl halides is 1. The van der Waals surface area contributed by atoms with E-state index in [0.29, 0.717) is 0 Å². The summed E-state index contributed by atoms with van der Waals surface area (Å²) < 4.78 is 0. The van der Waals surface area contributed by atoms with Gasteiger partial charge in [-0.15, -0.1) is 11.3 Å². The number of piperidine rings is 1. The minimum Gasteiger partial charge on any atom is -0.294 e. The molecule has 2 rings (SSSR count). The molecule has 0 bridgehead atoms. The van der Waals surface area contributed by atoms with Gasteiger partial charge in [-0.25, -0.2) is 0 Å². The van der Waals surface area contributed by atoms with Gasteiger partial charge < -0.3 is 0 Å². The number of hydrogen-bond acceptors (Lipinski definition) is 2. The molecule has 0 spiro atoms. The van der Waals surface area contributed by atoms with Gasteiger partial charge >= 0.3 is 0 Å². The van der Waals surface area contributed by atoms with Gasteiger partial charge in [-0.1, -0.05) is 28.4 Å². The van der Waals surface area contributed by atoms with Crippen molar-refractivity contribution in [2.45, 2.75) is 31.8 Å². The monoisotopic (exact) mass is 273 g/mol. The second-order valence-corrected chi connectivity index (χ2v) is 5.53. The van der Waals surface area contributed by atoms with Crippen molar-refractivity contribution in [3.63, 3.8) is 0 Å². The first kappa shape index (κ1) is 10.7. The molecule has 1 atom stereocenters. The van der Waals surface area contributed by atoms with Crippen LogP contribution in [0.25, 0.3) is 0 Å². The predicted octanol–water partition coefficient (Wildman–Crippen LogP) is 3.50. The molecule has 1 aromatic rings. The first-order valence-corrected chi connectivity index (χ1v) is 7.22. The van der Waals surface area contributed by atoms with Crippen molar-refractivity contribution in [1.29, 1.82) is 0 Å². The molecule has 0 radical (unpaired) electrons. The number of likely N-dealkylation sites (tertiary alicyclic amines) is 1. The first-order valence-electron chi connectivity index (χ1n) is 5.22. The Bertz CT molecular complexity index is 260. The maximum Gasteiger partial charge on any atom is 0.0331 e. The highest BCUT2D eigenvalue weighted by Gasteiger charge is 2.21. The maximum atomic E-state index is 3.62. The van der Waals surface area contributed by atoms with Crippen molar-refractivity contribution in [2.75, 3.05) is 11.9 Å². The number of hydrogen-bond donors (Lipinski definition) is 0. The number of rotatable bonds is 3. The van der Waals surface area contributed by atoms with Crippen LogP contribution in [0.1, 0.15) is 24.1 Å². The Balaban J connectivity index is 1.94. The van der Waals surface area contributed by atoms with E-state index in [2.05, 4.69) is 38.3 Å². The fourth-order valence-corrected chi connectivity index (χ4v) is 3.51. The summed E-state index contributed by atoms with van der Waals surface area (Å²) in [6.45, 7) is 2.42. The molecule has 0 amide bonds. The molecular formula is C11H16BrNS. The summed E-state index contributed by atoms with van der Waals surface area (Å²) in [5.74, 6) is 0. The van der Waals surface area contributed by atoms with Crippen LogP contribution in [-0.2, 0) is 6.54 Å². The Labute approximate surface area is 98.2 Å². The summed E-state index contributed by atoms with van der Waals surface area (Å²) in [4.78, 5) is 4.11. The Morgan fingerprint density at radius 2 is 2.43 bits per heavy atom. The fraction of sp³-hybridized carbons (Fsp3) is 0.636. The lowest BCUT2D eigenvalue weighted by Crippen LogP contribution is -2.39. The number of halogens is 1. The first-order chi connectivity index (χ1) is 6.90. The molecule has 0 aliphatic carbocycles. The third kappa shape index (κ3) is 2.59. The average molecular weight is 274 g/mol. The van der Waals surface area contributed by atoms with E-state index in [4.69, 9.17) is 0 Å². The molecule has 2 heterocycles. The van der Waals surface area contributed by atoms with Gasteiger partial charge in [-0.3, -0.25) is 4.90 Å². The molecule has 0 N–H and O–H groups in total. The smallest absolute Gasteiger partial charge is 0.0331 e. The minimum atomic E-state index is 0.755. The highest BCUT2D eigenvalue weighted by Crippen LogP contribution is 2.22. The minimum absolute atomic E-state index is 0.755. The van der Waals surface area contributed by atoms with Crippen LogP contribution in [0.2, 0.25) is 0 Å². The molecule has 1 aliphatic rings. The summed E-state index contributed by atoms with van der Waals surface area (Å²) >= 11 is 5.49. The van der Waals surface area contributed by atoms with Crippen molar-refractivity contribution in [3.8, 4) is 0 Å². The van der Waals surface area contributed by atoms with E-state index in [1.54, 1.807) is 0 Å². The zero-order valence-electron chi connectivity index (χ0n) is 8.29. The van der Waals surface area contributed by atoms with Crippen molar-refractivity contribution in [1.82, 2.24) is 4.90 Å². The predicted molar refractivity (Wildman–Crippen MR) is 66.2 cm³/mol. The van der Waals surface area contributed by atoms with Gasteiger partial charge in [-0.2, -0.15) is 0 Å². The van der Waals surface area contributed by atoms with Gasteiger partial charge in [0, 0.05) is 22.8 Å². The summed E-state index contributed by atoms with van der Waals surface area (Å²) in [5, 5.41) is 3.29. The molecule has 3 heteroatoms. The quantitative estimate of drug-likeness (QED) is 0.762. The SMILES string of the molecule is BrCC1CCCCN1Cc1cccs1. The summed E-state index contributed by atoms with van der Waals surface area (Å²) in [5.41, 5.74) is 0. The van der Waals surface area contributed by atoms with Crippen molar-refractivity contribution < 1.29 is 0 Å². The highest BCUT2D eigenvalue weighted by atomic mass is 79.9. The zero-order chi connectivity index (χ0) is 9.80. The lowest BCUT2D eigenvalue weighted by molar-refractivity contribution is 0.158. The largest absolute Gasteiger partial charge is 0.294 e. The van der Waals surface area contributed by atoms with Crippen LogP contribution >= 0.6 is 27.3 Å². The van der Waals surface area contributed by atoms with Crippen molar-refractivity contribution >= 4 is 27.3 Å². The van der Waals surface area contributed by atoms with Gasteiger partial charge in [0.25, 0.3) is 0 Å². The van der Waals surface area contributed by atoms with Crippen LogP contribution in [0.5, 0.6) is 0 Å². The number of thiophene rings is 1. The van der Waals surface area contributed by atoms with E-state index >= 15 is 0 Å². The van der Waals surface area contributed by atoms with E-state index in [0.717, 1.165) is 17.9 Å². The lowest BCUT2D eigenvalue weighted by Gasteiger charge is -2.34. The molecule has 0 saturated carbocycles. The van der Waals surface area contributed by atoms with Gasteiger partial charge in [0.2, 0.25) is 0 Å². The standard InChI is InChI=1S/C11H16BrNS/c12-8-10-4-1-2-6-13(10)9-11-5-3-7-14-11/h3,5,7,10H,1-2,4,6,8-9H2. The lowest BCUT2D eigenvalue weighted by atomic mass is 10.0. The molecule has 78 valence electrons. The second-order valence-electron chi connectivity index (χ2n) is 3.85. The average Bonchev–Trinajstić information content (AvgIpc) is 2.71. The zero-order valence-corrected chi connectivity index (χ0v) is 10.7. The van der Waals surface area contributed by atoms with Crippen LogP contribution in [0.3, 0.4) is 0 Å².